The zero-order valence-electron chi connectivity index (χ0n) is 14.5. The van der Waals surface area contributed by atoms with Gasteiger partial charge in [-0.3, -0.25) is 9.36 Å². The van der Waals surface area contributed by atoms with Crippen LogP contribution in [-0.2, 0) is 4.79 Å². The summed E-state index contributed by atoms with van der Waals surface area (Å²) in [6.45, 7) is 6.10. The number of pyridine rings is 1. The van der Waals surface area contributed by atoms with Gasteiger partial charge in [0.1, 0.15) is 5.82 Å². The van der Waals surface area contributed by atoms with E-state index in [1.54, 1.807) is 18.5 Å². The Hall–Kier alpha value is -2.60. The summed E-state index contributed by atoms with van der Waals surface area (Å²) in [6.07, 6.45) is 5.39. The summed E-state index contributed by atoms with van der Waals surface area (Å²) in [4.78, 5) is 20.7. The molecule has 0 unspecified atom stereocenters. The molecule has 2 heterocycles. The van der Waals surface area contributed by atoms with E-state index in [2.05, 4.69) is 47.3 Å². The number of imidazole rings is 1. The maximum Gasteiger partial charge on any atom is 0.236 e. The van der Waals surface area contributed by atoms with E-state index < -0.39 is 0 Å². The number of benzene rings is 1. The molecule has 0 bridgehead atoms. The SMILES string of the molecule is Cc1ccc(NC(=O)CSc2nccn2-c2cc(C)cc(C)c2)nc1. The van der Waals surface area contributed by atoms with Crippen molar-refractivity contribution >= 4 is 23.5 Å². The standard InChI is InChI=1S/C19H20N4OS/c1-13-4-5-17(21-11-13)22-18(24)12-25-19-20-6-7-23(19)16-9-14(2)8-15(3)10-16/h4-11H,12H2,1-3H3,(H,21,22,24). The number of nitrogens with one attached hydrogen (secondary N) is 1. The number of anilines is 1. The minimum absolute atomic E-state index is 0.101. The van der Waals surface area contributed by atoms with E-state index >= 15 is 0 Å². The summed E-state index contributed by atoms with van der Waals surface area (Å²) in [5.74, 6) is 0.738. The molecule has 1 aromatic carbocycles. The van der Waals surface area contributed by atoms with Gasteiger partial charge in [-0.05, 0) is 55.7 Å². The first-order valence-electron chi connectivity index (χ1n) is 7.98. The van der Waals surface area contributed by atoms with Gasteiger partial charge >= 0.3 is 0 Å². The molecule has 0 saturated heterocycles. The number of amides is 1. The molecule has 0 aliphatic heterocycles. The second kappa shape index (κ2) is 7.53. The van der Waals surface area contributed by atoms with Crippen LogP contribution < -0.4 is 5.32 Å². The smallest absolute Gasteiger partial charge is 0.236 e. The van der Waals surface area contributed by atoms with Crippen LogP contribution >= 0.6 is 11.8 Å². The van der Waals surface area contributed by atoms with Crippen molar-refractivity contribution in [3.8, 4) is 5.69 Å². The van der Waals surface area contributed by atoms with Crippen molar-refractivity contribution in [3.63, 3.8) is 0 Å². The molecule has 2 aromatic heterocycles. The maximum atomic E-state index is 12.1. The highest BCUT2D eigenvalue weighted by Gasteiger charge is 2.10. The number of carbonyl (C=O) groups excluding carboxylic acids is 1. The van der Waals surface area contributed by atoms with Crippen molar-refractivity contribution < 1.29 is 4.79 Å². The molecule has 0 aliphatic carbocycles. The van der Waals surface area contributed by atoms with Gasteiger partial charge in [0.25, 0.3) is 0 Å². The molecule has 0 fully saturated rings. The van der Waals surface area contributed by atoms with E-state index in [0.717, 1.165) is 16.4 Å². The van der Waals surface area contributed by atoms with Crippen LogP contribution in [-0.4, -0.2) is 26.2 Å². The van der Waals surface area contributed by atoms with Crippen molar-refractivity contribution in [2.45, 2.75) is 25.9 Å². The van der Waals surface area contributed by atoms with E-state index in [1.807, 2.05) is 23.8 Å². The van der Waals surface area contributed by atoms with E-state index in [1.165, 1.54) is 22.9 Å². The number of aryl methyl sites for hydroxylation is 3. The predicted octanol–water partition coefficient (Wildman–Crippen LogP) is 3.92. The lowest BCUT2D eigenvalue weighted by Gasteiger charge is -2.10. The quantitative estimate of drug-likeness (QED) is 0.707. The average molecular weight is 352 g/mol. The van der Waals surface area contributed by atoms with Crippen molar-refractivity contribution in [1.29, 1.82) is 0 Å². The molecule has 6 heteroatoms. The Morgan fingerprint density at radius 1 is 1.08 bits per heavy atom. The first-order chi connectivity index (χ1) is 12.0. The minimum atomic E-state index is -0.101. The van der Waals surface area contributed by atoms with Crippen LogP contribution in [0, 0.1) is 20.8 Å². The van der Waals surface area contributed by atoms with Gasteiger partial charge in [0.05, 0.1) is 5.75 Å². The van der Waals surface area contributed by atoms with E-state index in [9.17, 15) is 4.79 Å². The molecule has 3 rings (SSSR count). The van der Waals surface area contributed by atoms with Gasteiger partial charge in [0.15, 0.2) is 5.16 Å². The molecule has 0 radical (unpaired) electrons. The Kier molecular flexibility index (Phi) is 5.19. The van der Waals surface area contributed by atoms with Crippen molar-refractivity contribution in [3.05, 3.63) is 65.6 Å². The molecule has 25 heavy (non-hydrogen) atoms. The number of nitrogens with zero attached hydrogens (tertiary/aromatic N) is 3. The first kappa shape index (κ1) is 17.2. The number of aromatic nitrogens is 3. The van der Waals surface area contributed by atoms with Gasteiger partial charge in [-0.25, -0.2) is 9.97 Å². The lowest BCUT2D eigenvalue weighted by atomic mass is 10.1. The molecule has 1 amide bonds. The van der Waals surface area contributed by atoms with Gasteiger partial charge in [0, 0.05) is 24.3 Å². The van der Waals surface area contributed by atoms with Gasteiger partial charge in [-0.15, -0.1) is 0 Å². The summed E-state index contributed by atoms with van der Waals surface area (Å²) < 4.78 is 2.00. The molecule has 1 N–H and O–H groups in total. The third-order valence-electron chi connectivity index (χ3n) is 3.60. The maximum absolute atomic E-state index is 12.1. The highest BCUT2D eigenvalue weighted by Crippen LogP contribution is 2.22. The van der Waals surface area contributed by atoms with Crippen LogP contribution in [0.1, 0.15) is 16.7 Å². The van der Waals surface area contributed by atoms with Crippen LogP contribution in [0.25, 0.3) is 5.69 Å². The normalized spacial score (nSPS) is 10.7. The summed E-state index contributed by atoms with van der Waals surface area (Å²) in [5.41, 5.74) is 4.51. The van der Waals surface area contributed by atoms with Crippen LogP contribution in [0.15, 0.2) is 54.1 Å². The number of carbonyl (C=O) groups is 1. The van der Waals surface area contributed by atoms with Crippen LogP contribution in [0.5, 0.6) is 0 Å². The Bertz CT molecular complexity index is 866. The predicted molar refractivity (Wildman–Crippen MR) is 101 cm³/mol. The van der Waals surface area contributed by atoms with Gasteiger partial charge < -0.3 is 5.32 Å². The fourth-order valence-electron chi connectivity index (χ4n) is 2.53. The third-order valence-corrected chi connectivity index (χ3v) is 4.57. The Morgan fingerprint density at radius 2 is 1.84 bits per heavy atom. The van der Waals surface area contributed by atoms with Gasteiger partial charge in [0.2, 0.25) is 5.91 Å². The highest BCUT2D eigenvalue weighted by molar-refractivity contribution is 7.99. The number of rotatable bonds is 5. The number of hydrogen-bond donors (Lipinski definition) is 1. The average Bonchev–Trinajstić information content (AvgIpc) is 3.03. The monoisotopic (exact) mass is 352 g/mol. The van der Waals surface area contributed by atoms with Crippen LogP contribution in [0.2, 0.25) is 0 Å². The minimum Gasteiger partial charge on any atom is -0.310 e. The summed E-state index contributed by atoms with van der Waals surface area (Å²) >= 11 is 1.40. The van der Waals surface area contributed by atoms with E-state index in [0.29, 0.717) is 5.82 Å². The Balaban J connectivity index is 1.67. The second-order valence-corrected chi connectivity index (χ2v) is 6.93. The number of thioether (sulfide) groups is 1. The Labute approximate surface area is 151 Å². The lowest BCUT2D eigenvalue weighted by molar-refractivity contribution is -0.113. The van der Waals surface area contributed by atoms with Crippen molar-refractivity contribution in [1.82, 2.24) is 14.5 Å². The third kappa shape index (κ3) is 4.48. The fourth-order valence-corrected chi connectivity index (χ4v) is 3.31. The zero-order chi connectivity index (χ0) is 17.8. The number of hydrogen-bond acceptors (Lipinski definition) is 4. The topological polar surface area (TPSA) is 59.8 Å². The molecule has 0 spiro atoms. The largest absolute Gasteiger partial charge is 0.310 e. The molecule has 5 nitrogen and oxygen atoms in total. The Morgan fingerprint density at radius 3 is 2.52 bits per heavy atom. The highest BCUT2D eigenvalue weighted by atomic mass is 32.2. The van der Waals surface area contributed by atoms with E-state index in [4.69, 9.17) is 0 Å². The second-order valence-electron chi connectivity index (χ2n) is 5.98. The molecular formula is C19H20N4OS. The van der Waals surface area contributed by atoms with E-state index in [-0.39, 0.29) is 11.7 Å². The molecule has 128 valence electrons. The molecule has 0 aliphatic rings. The summed E-state index contributed by atoms with van der Waals surface area (Å²) in [7, 11) is 0. The molecule has 3 aromatic rings. The van der Waals surface area contributed by atoms with Gasteiger partial charge in [-0.1, -0.05) is 23.9 Å². The fraction of sp³-hybridized carbons (Fsp3) is 0.211. The first-order valence-corrected chi connectivity index (χ1v) is 8.97. The summed E-state index contributed by atoms with van der Waals surface area (Å²) in [6, 6.07) is 10.1. The van der Waals surface area contributed by atoms with Crippen molar-refractivity contribution in [2.24, 2.45) is 0 Å². The van der Waals surface area contributed by atoms with Gasteiger partial charge in [-0.2, -0.15) is 0 Å². The molecular weight excluding hydrogens is 332 g/mol. The molecule has 0 saturated carbocycles. The van der Waals surface area contributed by atoms with Crippen LogP contribution in [0.4, 0.5) is 5.82 Å². The van der Waals surface area contributed by atoms with Crippen molar-refractivity contribution in [2.75, 3.05) is 11.1 Å². The lowest BCUT2D eigenvalue weighted by Crippen LogP contribution is -2.15. The van der Waals surface area contributed by atoms with Crippen LogP contribution in [0.3, 0.4) is 0 Å². The molecule has 0 atom stereocenters. The summed E-state index contributed by atoms with van der Waals surface area (Å²) in [5, 5.41) is 3.59. The zero-order valence-corrected chi connectivity index (χ0v) is 15.3.